The van der Waals surface area contributed by atoms with E-state index in [1.54, 1.807) is 10.9 Å². The van der Waals surface area contributed by atoms with Crippen LogP contribution in [0, 0.1) is 0 Å². The van der Waals surface area contributed by atoms with Crippen LogP contribution in [-0.2, 0) is 13.0 Å². The van der Waals surface area contributed by atoms with E-state index in [9.17, 15) is 5.11 Å². The van der Waals surface area contributed by atoms with Crippen LogP contribution in [0.2, 0.25) is 0 Å². The molecule has 0 unspecified atom stereocenters. The van der Waals surface area contributed by atoms with Gasteiger partial charge in [-0.1, -0.05) is 37.3 Å². The molecule has 0 saturated carbocycles. The van der Waals surface area contributed by atoms with Crippen LogP contribution in [0.25, 0.3) is 0 Å². The van der Waals surface area contributed by atoms with Gasteiger partial charge in [-0.15, -0.1) is 0 Å². The van der Waals surface area contributed by atoms with E-state index in [0.29, 0.717) is 6.54 Å². The van der Waals surface area contributed by atoms with Gasteiger partial charge in [-0.05, 0) is 12.0 Å². The van der Waals surface area contributed by atoms with Crippen LogP contribution in [0.1, 0.15) is 18.2 Å². The van der Waals surface area contributed by atoms with Crippen LogP contribution >= 0.6 is 0 Å². The molecule has 78 valence electrons. The average Bonchev–Trinajstić information content (AvgIpc) is 2.60. The van der Waals surface area contributed by atoms with Crippen molar-refractivity contribution in [3.63, 3.8) is 0 Å². The molecule has 2 aromatic rings. The van der Waals surface area contributed by atoms with Crippen LogP contribution < -0.4 is 0 Å². The van der Waals surface area contributed by atoms with Crippen LogP contribution in [0.15, 0.2) is 36.5 Å². The molecule has 1 N–H and O–H groups in total. The third kappa shape index (κ3) is 2.18. The van der Waals surface area contributed by atoms with Gasteiger partial charge in [0.05, 0.1) is 12.7 Å². The number of hydrogen-bond acceptors (Lipinski definition) is 2. The van der Waals surface area contributed by atoms with Crippen molar-refractivity contribution < 1.29 is 5.11 Å². The summed E-state index contributed by atoms with van der Waals surface area (Å²) in [4.78, 5) is 0. The molecule has 1 aromatic carbocycles. The second-order valence-electron chi connectivity index (χ2n) is 3.50. The van der Waals surface area contributed by atoms with Crippen LogP contribution in [0.3, 0.4) is 0 Å². The van der Waals surface area contributed by atoms with E-state index in [0.717, 1.165) is 12.1 Å². The highest BCUT2D eigenvalue weighted by Gasteiger charge is 2.05. The number of aromatic nitrogens is 2. The van der Waals surface area contributed by atoms with E-state index in [1.165, 1.54) is 5.56 Å². The Kier molecular flexibility index (Phi) is 2.72. The number of nitrogens with zero attached hydrogens (tertiary/aromatic N) is 2. The van der Waals surface area contributed by atoms with E-state index in [-0.39, 0.29) is 5.75 Å². The summed E-state index contributed by atoms with van der Waals surface area (Å²) in [6.45, 7) is 2.68. The van der Waals surface area contributed by atoms with Crippen molar-refractivity contribution in [2.75, 3.05) is 0 Å². The van der Waals surface area contributed by atoms with Crippen molar-refractivity contribution in [1.29, 1.82) is 0 Å². The summed E-state index contributed by atoms with van der Waals surface area (Å²) in [7, 11) is 0. The summed E-state index contributed by atoms with van der Waals surface area (Å²) in [6, 6.07) is 10.1. The smallest absolute Gasteiger partial charge is 0.156 e. The topological polar surface area (TPSA) is 38.0 Å². The third-order valence-electron chi connectivity index (χ3n) is 2.34. The fourth-order valence-electron chi connectivity index (χ4n) is 1.55. The largest absolute Gasteiger partial charge is 0.504 e. The fourth-order valence-corrected chi connectivity index (χ4v) is 1.55. The van der Waals surface area contributed by atoms with Gasteiger partial charge in [0, 0.05) is 0 Å². The summed E-state index contributed by atoms with van der Waals surface area (Å²) in [6.07, 6.45) is 2.43. The second kappa shape index (κ2) is 4.17. The maximum atomic E-state index is 9.53. The van der Waals surface area contributed by atoms with Gasteiger partial charge in [-0.2, -0.15) is 5.10 Å². The van der Waals surface area contributed by atoms with Gasteiger partial charge in [0.15, 0.2) is 5.75 Å². The Balaban J connectivity index is 2.18. The summed E-state index contributed by atoms with van der Waals surface area (Å²) >= 11 is 0. The first-order valence-corrected chi connectivity index (χ1v) is 5.09. The maximum Gasteiger partial charge on any atom is 0.156 e. The molecule has 0 saturated heterocycles. The van der Waals surface area contributed by atoms with E-state index in [2.05, 4.69) is 5.10 Å². The number of aryl methyl sites for hydroxylation is 1. The highest BCUT2D eigenvalue weighted by atomic mass is 16.3. The van der Waals surface area contributed by atoms with Crippen molar-refractivity contribution in [3.8, 4) is 5.75 Å². The van der Waals surface area contributed by atoms with E-state index in [1.807, 2.05) is 37.3 Å². The van der Waals surface area contributed by atoms with E-state index >= 15 is 0 Å². The van der Waals surface area contributed by atoms with Gasteiger partial charge < -0.3 is 5.11 Å². The SMILES string of the molecule is CCc1nn(Cc2ccccc2)cc1O. The fraction of sp³-hybridized carbons (Fsp3) is 0.250. The predicted molar refractivity (Wildman–Crippen MR) is 58.8 cm³/mol. The van der Waals surface area contributed by atoms with Crippen LogP contribution in [-0.4, -0.2) is 14.9 Å². The minimum Gasteiger partial charge on any atom is -0.504 e. The van der Waals surface area contributed by atoms with Crippen molar-refractivity contribution in [3.05, 3.63) is 47.8 Å². The summed E-state index contributed by atoms with van der Waals surface area (Å²) in [5, 5.41) is 13.8. The van der Waals surface area contributed by atoms with Crippen molar-refractivity contribution in [2.24, 2.45) is 0 Å². The standard InChI is InChI=1S/C12H14N2O/c1-2-11-12(15)9-14(13-11)8-10-6-4-3-5-7-10/h3-7,9,15H,2,8H2,1H3. The summed E-state index contributed by atoms with van der Waals surface area (Å²) in [5.41, 5.74) is 1.94. The number of aromatic hydroxyl groups is 1. The molecular formula is C12H14N2O. The average molecular weight is 202 g/mol. The molecule has 3 heteroatoms. The molecule has 0 fully saturated rings. The normalized spacial score (nSPS) is 10.5. The number of hydrogen-bond donors (Lipinski definition) is 1. The Morgan fingerprint density at radius 2 is 2.00 bits per heavy atom. The maximum absolute atomic E-state index is 9.53. The first-order valence-electron chi connectivity index (χ1n) is 5.09. The van der Waals surface area contributed by atoms with Gasteiger partial charge in [0.1, 0.15) is 5.69 Å². The lowest BCUT2D eigenvalue weighted by molar-refractivity contribution is 0.468. The third-order valence-corrected chi connectivity index (χ3v) is 2.34. The zero-order chi connectivity index (χ0) is 10.7. The Morgan fingerprint density at radius 3 is 2.60 bits per heavy atom. The van der Waals surface area contributed by atoms with Gasteiger partial charge in [-0.25, -0.2) is 0 Å². The van der Waals surface area contributed by atoms with Crippen molar-refractivity contribution in [2.45, 2.75) is 19.9 Å². The summed E-state index contributed by atoms with van der Waals surface area (Å²) in [5.74, 6) is 0.286. The van der Waals surface area contributed by atoms with Gasteiger partial charge in [-0.3, -0.25) is 4.68 Å². The molecule has 0 aliphatic rings. The molecule has 0 spiro atoms. The quantitative estimate of drug-likeness (QED) is 0.828. The molecule has 0 amide bonds. The zero-order valence-electron chi connectivity index (χ0n) is 8.72. The second-order valence-corrected chi connectivity index (χ2v) is 3.50. The summed E-state index contributed by atoms with van der Waals surface area (Å²) < 4.78 is 1.77. The Morgan fingerprint density at radius 1 is 1.27 bits per heavy atom. The van der Waals surface area contributed by atoms with Gasteiger partial charge in [0.25, 0.3) is 0 Å². The highest BCUT2D eigenvalue weighted by Crippen LogP contribution is 2.15. The predicted octanol–water partition coefficient (Wildman–Crippen LogP) is 2.20. The van der Waals surface area contributed by atoms with Crippen LogP contribution in [0.4, 0.5) is 0 Å². The Hall–Kier alpha value is -1.77. The monoisotopic (exact) mass is 202 g/mol. The van der Waals surface area contributed by atoms with Gasteiger partial charge >= 0.3 is 0 Å². The van der Waals surface area contributed by atoms with Gasteiger partial charge in [0.2, 0.25) is 0 Å². The Labute approximate surface area is 89.0 Å². The lowest BCUT2D eigenvalue weighted by Crippen LogP contribution is -2.00. The molecule has 0 aliphatic carbocycles. The van der Waals surface area contributed by atoms with Crippen LogP contribution in [0.5, 0.6) is 5.75 Å². The highest BCUT2D eigenvalue weighted by molar-refractivity contribution is 5.23. The molecule has 0 bridgehead atoms. The Bertz CT molecular complexity index is 434. The number of benzene rings is 1. The number of rotatable bonds is 3. The molecule has 0 radical (unpaired) electrons. The molecular weight excluding hydrogens is 188 g/mol. The molecule has 0 aliphatic heterocycles. The lowest BCUT2D eigenvalue weighted by Gasteiger charge is -2.00. The first-order chi connectivity index (χ1) is 7.29. The molecule has 1 heterocycles. The molecule has 0 atom stereocenters. The minimum atomic E-state index is 0.286. The minimum absolute atomic E-state index is 0.286. The lowest BCUT2D eigenvalue weighted by atomic mass is 10.2. The molecule has 15 heavy (non-hydrogen) atoms. The molecule has 2 rings (SSSR count). The van der Waals surface area contributed by atoms with E-state index < -0.39 is 0 Å². The van der Waals surface area contributed by atoms with Crippen molar-refractivity contribution >= 4 is 0 Å². The first kappa shape index (κ1) is 9.77. The molecule has 1 aromatic heterocycles. The van der Waals surface area contributed by atoms with Crippen molar-refractivity contribution in [1.82, 2.24) is 9.78 Å². The van der Waals surface area contributed by atoms with E-state index in [4.69, 9.17) is 0 Å². The zero-order valence-corrected chi connectivity index (χ0v) is 8.72. The molecule has 3 nitrogen and oxygen atoms in total.